The van der Waals surface area contributed by atoms with E-state index < -0.39 is 25.1 Å². The molecule has 1 heterocycles. The Labute approximate surface area is 207 Å². The molecule has 1 fully saturated rings. The molecule has 0 spiro atoms. The monoisotopic (exact) mass is 500 g/mol. The zero-order valence-corrected chi connectivity index (χ0v) is 24.2. The Balaban J connectivity index is 3.05. The quantitative estimate of drug-likeness (QED) is 0.340. The van der Waals surface area contributed by atoms with E-state index in [2.05, 4.69) is 51.8 Å². The average molecular weight is 501 g/mol. The lowest BCUT2D eigenvalue weighted by atomic mass is 10.1. The maximum Gasteiger partial charge on any atom is 0.323 e. The normalized spacial score (nSPS) is 20.0. The van der Waals surface area contributed by atoms with Crippen molar-refractivity contribution in [3.8, 4) is 0 Å². The number of nitrogens with zero attached hydrogens (tertiary/aromatic N) is 1. The molecule has 0 saturated carbocycles. The molecule has 1 saturated heterocycles. The predicted octanol–water partition coefficient (Wildman–Crippen LogP) is 3.82. The first-order valence-corrected chi connectivity index (χ1v) is 14.5. The highest BCUT2D eigenvalue weighted by Gasteiger charge is 2.55. The zero-order chi connectivity index (χ0) is 26.5. The molecular weight excluding hydrogens is 452 g/mol. The number of amides is 1. The molecule has 198 valence electrons. The number of ether oxygens (including phenoxy) is 2. The Morgan fingerprint density at radius 2 is 1.59 bits per heavy atom. The summed E-state index contributed by atoms with van der Waals surface area (Å²) in [5.41, 5.74) is -0.0370. The molecule has 2 atom stereocenters. The molecule has 0 aromatic carbocycles. The molecule has 0 aliphatic carbocycles. The number of hydrogen-bond acceptors (Lipinski definition) is 7. The van der Waals surface area contributed by atoms with Crippen molar-refractivity contribution in [1.29, 1.82) is 0 Å². The van der Waals surface area contributed by atoms with Crippen LogP contribution in [-0.2, 0) is 28.3 Å². The maximum absolute atomic E-state index is 13.0. The first kappa shape index (κ1) is 30.6. The van der Waals surface area contributed by atoms with Gasteiger partial charge in [-0.25, -0.2) is 0 Å². The van der Waals surface area contributed by atoms with Crippen LogP contribution in [0.25, 0.3) is 0 Å². The van der Waals surface area contributed by atoms with Crippen molar-refractivity contribution in [2.24, 2.45) is 5.92 Å². The van der Waals surface area contributed by atoms with Crippen molar-refractivity contribution < 1.29 is 28.3 Å². The van der Waals surface area contributed by atoms with E-state index in [4.69, 9.17) is 13.9 Å². The van der Waals surface area contributed by atoms with Crippen molar-refractivity contribution in [2.75, 3.05) is 26.3 Å². The number of carbonyl (C=O) groups excluding carboxylic acids is 3. The molecule has 9 heteroatoms. The van der Waals surface area contributed by atoms with Gasteiger partial charge in [0.05, 0.1) is 11.8 Å². The minimum atomic E-state index is -2.49. The minimum Gasteiger partial charge on any atom is -0.466 e. The van der Waals surface area contributed by atoms with E-state index in [0.717, 1.165) is 0 Å². The van der Waals surface area contributed by atoms with Crippen LogP contribution >= 0.6 is 0 Å². The molecule has 1 amide bonds. The second kappa shape index (κ2) is 12.0. The fourth-order valence-corrected chi connectivity index (χ4v) is 11.8. The maximum atomic E-state index is 13.0. The van der Waals surface area contributed by atoms with Crippen LogP contribution in [0.15, 0.2) is 0 Å². The van der Waals surface area contributed by atoms with Crippen LogP contribution in [-0.4, -0.2) is 74.2 Å². The van der Waals surface area contributed by atoms with E-state index in [1.165, 1.54) is 6.92 Å². The fourth-order valence-electron chi connectivity index (χ4n) is 5.71. The van der Waals surface area contributed by atoms with Gasteiger partial charge < -0.3 is 19.2 Å². The van der Waals surface area contributed by atoms with Crippen LogP contribution in [0.2, 0.25) is 11.1 Å². The number of nitrogens with one attached hydrogen (secondary N) is 1. The molecular formula is C25H48N2O6Si. The summed E-state index contributed by atoms with van der Waals surface area (Å²) in [6.07, 6.45) is 0.580. The zero-order valence-electron chi connectivity index (χ0n) is 23.2. The van der Waals surface area contributed by atoms with Crippen LogP contribution in [0.1, 0.15) is 82.6 Å². The molecule has 1 rings (SSSR count). The molecule has 2 unspecified atom stereocenters. The first-order chi connectivity index (χ1) is 15.4. The molecule has 0 bridgehead atoms. The lowest BCUT2D eigenvalue weighted by Crippen LogP contribution is -2.69. The van der Waals surface area contributed by atoms with Crippen molar-refractivity contribution in [2.45, 2.75) is 110 Å². The Bertz CT molecular complexity index is 709. The highest BCUT2D eigenvalue weighted by Crippen LogP contribution is 2.41. The standard InChI is InChI=1S/C25H48N2O6Si/c1-17(2)34(18(3)4,25(10,11)26-19(5)28)32-13-12-27-15-21(16-31-20(6)29)14-22(27)23(30)33-24(7,8)9/h17-18,21-22H,12-16H2,1-11H3,(H,26,28). The van der Waals surface area contributed by atoms with Gasteiger partial charge in [-0.2, -0.15) is 0 Å². The highest BCUT2D eigenvalue weighted by atomic mass is 28.4. The van der Waals surface area contributed by atoms with Gasteiger partial charge in [0.15, 0.2) is 0 Å². The summed E-state index contributed by atoms with van der Waals surface area (Å²) in [5.74, 6) is -0.577. The number of likely N-dealkylation sites (tertiary alicyclic amines) is 1. The highest BCUT2D eigenvalue weighted by molar-refractivity contribution is 6.79. The molecule has 34 heavy (non-hydrogen) atoms. The van der Waals surface area contributed by atoms with Crippen LogP contribution in [0, 0.1) is 5.92 Å². The van der Waals surface area contributed by atoms with E-state index in [-0.39, 0.29) is 41.5 Å². The van der Waals surface area contributed by atoms with Gasteiger partial charge in [-0.3, -0.25) is 19.3 Å². The summed E-state index contributed by atoms with van der Waals surface area (Å²) in [4.78, 5) is 38.3. The molecule has 8 nitrogen and oxygen atoms in total. The third-order valence-electron chi connectivity index (χ3n) is 6.59. The summed E-state index contributed by atoms with van der Waals surface area (Å²) in [5, 5.41) is 2.69. The summed E-state index contributed by atoms with van der Waals surface area (Å²) in [7, 11) is -2.49. The number of carbonyl (C=O) groups is 3. The lowest BCUT2D eigenvalue weighted by molar-refractivity contribution is -0.160. The van der Waals surface area contributed by atoms with E-state index in [1.54, 1.807) is 6.92 Å². The number of esters is 2. The van der Waals surface area contributed by atoms with Gasteiger partial charge in [0.1, 0.15) is 11.6 Å². The van der Waals surface area contributed by atoms with E-state index in [9.17, 15) is 14.4 Å². The van der Waals surface area contributed by atoms with Crippen LogP contribution in [0.5, 0.6) is 0 Å². The van der Waals surface area contributed by atoms with Gasteiger partial charge in [-0.15, -0.1) is 0 Å². The number of rotatable bonds is 11. The Morgan fingerprint density at radius 1 is 1.03 bits per heavy atom. The summed E-state index contributed by atoms with van der Waals surface area (Å²) < 4.78 is 17.7. The Morgan fingerprint density at radius 3 is 2.03 bits per heavy atom. The van der Waals surface area contributed by atoms with Gasteiger partial charge >= 0.3 is 11.9 Å². The van der Waals surface area contributed by atoms with Crippen LogP contribution < -0.4 is 5.32 Å². The summed E-state index contributed by atoms with van der Waals surface area (Å²) in [6, 6.07) is -0.402. The van der Waals surface area contributed by atoms with Gasteiger partial charge in [0.2, 0.25) is 14.2 Å². The number of hydrogen-bond donors (Lipinski definition) is 1. The van der Waals surface area contributed by atoms with Gasteiger partial charge in [0.25, 0.3) is 0 Å². The second-order valence-corrected chi connectivity index (χ2v) is 17.1. The first-order valence-electron chi connectivity index (χ1n) is 12.5. The van der Waals surface area contributed by atoms with Gasteiger partial charge in [0, 0.05) is 39.5 Å². The third-order valence-corrected chi connectivity index (χ3v) is 12.8. The third kappa shape index (κ3) is 8.05. The fraction of sp³-hybridized carbons (Fsp3) is 0.880. The topological polar surface area (TPSA) is 94.2 Å². The smallest absolute Gasteiger partial charge is 0.323 e. The summed E-state index contributed by atoms with van der Waals surface area (Å²) in [6.45, 7) is 23.3. The Kier molecular flexibility index (Phi) is 10.8. The van der Waals surface area contributed by atoms with E-state index >= 15 is 0 Å². The molecule has 0 aromatic heterocycles. The SMILES string of the molecule is CC(=O)NC(C)(C)[Si](OCCN1CC(COC(C)=O)CC1C(=O)OC(C)(C)C)(C(C)C)C(C)C. The minimum absolute atomic E-state index is 0.0643. The van der Waals surface area contributed by atoms with Crippen molar-refractivity contribution in [1.82, 2.24) is 10.2 Å². The van der Waals surface area contributed by atoms with Crippen LogP contribution in [0.3, 0.4) is 0 Å². The Hall–Kier alpha value is -1.45. The predicted molar refractivity (Wildman–Crippen MR) is 136 cm³/mol. The second-order valence-electron chi connectivity index (χ2n) is 11.7. The molecule has 1 N–H and O–H groups in total. The molecule has 1 aliphatic rings. The largest absolute Gasteiger partial charge is 0.466 e. The molecule has 1 aliphatic heterocycles. The molecule has 0 radical (unpaired) electrons. The lowest BCUT2D eigenvalue weighted by Gasteiger charge is -2.50. The van der Waals surface area contributed by atoms with Crippen molar-refractivity contribution in [3.63, 3.8) is 0 Å². The van der Waals surface area contributed by atoms with Crippen molar-refractivity contribution >= 4 is 26.2 Å². The van der Waals surface area contributed by atoms with Crippen molar-refractivity contribution in [3.05, 3.63) is 0 Å². The van der Waals surface area contributed by atoms with Gasteiger partial charge in [-0.1, -0.05) is 27.7 Å². The summed E-state index contributed by atoms with van der Waals surface area (Å²) >= 11 is 0. The molecule has 0 aromatic rings. The van der Waals surface area contributed by atoms with Crippen LogP contribution in [0.4, 0.5) is 0 Å². The average Bonchev–Trinajstić information content (AvgIpc) is 3.03. The van der Waals surface area contributed by atoms with E-state index in [1.807, 2.05) is 20.8 Å². The van der Waals surface area contributed by atoms with E-state index in [0.29, 0.717) is 26.1 Å². The van der Waals surface area contributed by atoms with Gasteiger partial charge in [-0.05, 0) is 52.1 Å².